The van der Waals surface area contributed by atoms with Crippen molar-refractivity contribution in [2.75, 3.05) is 18.9 Å². The number of carbonyl (C=O) groups is 1. The lowest BCUT2D eigenvalue weighted by molar-refractivity contribution is 0.0519. The predicted octanol–water partition coefficient (Wildman–Crippen LogP) is 2.45. The minimum absolute atomic E-state index is 0.0580. The average Bonchev–Trinajstić information content (AvgIpc) is 3.31. The highest BCUT2D eigenvalue weighted by atomic mass is 19.1. The molecule has 0 radical (unpaired) electrons. The first-order valence-electron chi connectivity index (χ1n) is 6.88. The molecule has 1 aliphatic rings. The van der Waals surface area contributed by atoms with Gasteiger partial charge in [-0.05, 0) is 24.6 Å². The SMILES string of the molecule is CCOC(=O)c1cc(-c2ccccc2F)c(C2=NC2)c(N)n1. The maximum absolute atomic E-state index is 14.1. The summed E-state index contributed by atoms with van der Waals surface area (Å²) in [5.41, 5.74) is 8.22. The molecule has 0 aliphatic carbocycles. The molecule has 1 aromatic heterocycles. The van der Waals surface area contributed by atoms with E-state index < -0.39 is 11.8 Å². The summed E-state index contributed by atoms with van der Waals surface area (Å²) in [7, 11) is 0. The van der Waals surface area contributed by atoms with Crippen molar-refractivity contribution >= 4 is 17.5 Å². The molecule has 3 rings (SSSR count). The third-order valence-electron chi connectivity index (χ3n) is 3.30. The van der Waals surface area contributed by atoms with Crippen LogP contribution in [0.2, 0.25) is 0 Å². The number of hydrogen-bond donors (Lipinski definition) is 1. The number of hydrogen-bond acceptors (Lipinski definition) is 5. The molecular weight excluding hydrogens is 285 g/mol. The molecule has 112 valence electrons. The van der Waals surface area contributed by atoms with E-state index in [0.717, 1.165) is 5.71 Å². The fourth-order valence-corrected chi connectivity index (χ4v) is 2.27. The van der Waals surface area contributed by atoms with Crippen LogP contribution in [0.4, 0.5) is 10.2 Å². The minimum atomic E-state index is -0.587. The van der Waals surface area contributed by atoms with E-state index in [1.807, 2.05) is 0 Å². The molecule has 6 heteroatoms. The number of nitrogens with two attached hydrogens (primary N) is 1. The molecule has 0 saturated carbocycles. The zero-order valence-electron chi connectivity index (χ0n) is 12.0. The number of aliphatic imine (C=N–C) groups is 1. The summed E-state index contributed by atoms with van der Waals surface area (Å²) >= 11 is 0. The summed E-state index contributed by atoms with van der Waals surface area (Å²) < 4.78 is 19.1. The lowest BCUT2D eigenvalue weighted by Gasteiger charge is -2.12. The smallest absolute Gasteiger partial charge is 0.357 e. The van der Waals surface area contributed by atoms with E-state index in [4.69, 9.17) is 10.5 Å². The van der Waals surface area contributed by atoms with Gasteiger partial charge in [-0.1, -0.05) is 18.2 Å². The van der Waals surface area contributed by atoms with Gasteiger partial charge in [-0.3, -0.25) is 4.99 Å². The maximum atomic E-state index is 14.1. The number of ether oxygens (including phenoxy) is 1. The third-order valence-corrected chi connectivity index (χ3v) is 3.30. The number of rotatable bonds is 4. The van der Waals surface area contributed by atoms with Crippen molar-refractivity contribution in [2.45, 2.75) is 6.92 Å². The number of halogens is 1. The van der Waals surface area contributed by atoms with E-state index >= 15 is 0 Å². The van der Waals surface area contributed by atoms with E-state index in [2.05, 4.69) is 9.98 Å². The number of esters is 1. The second-order valence-corrected chi connectivity index (χ2v) is 4.78. The van der Waals surface area contributed by atoms with Gasteiger partial charge in [0.1, 0.15) is 11.6 Å². The van der Waals surface area contributed by atoms with Crippen molar-refractivity contribution in [1.82, 2.24) is 4.98 Å². The number of aromatic nitrogens is 1. The number of nitrogen functional groups attached to an aromatic ring is 1. The van der Waals surface area contributed by atoms with Gasteiger partial charge in [-0.25, -0.2) is 14.2 Å². The second-order valence-electron chi connectivity index (χ2n) is 4.78. The van der Waals surface area contributed by atoms with Crippen molar-refractivity contribution in [3.63, 3.8) is 0 Å². The Morgan fingerprint density at radius 2 is 2.09 bits per heavy atom. The molecule has 0 saturated heterocycles. The van der Waals surface area contributed by atoms with Crippen LogP contribution < -0.4 is 5.73 Å². The van der Waals surface area contributed by atoms with Gasteiger partial charge in [0.05, 0.1) is 18.9 Å². The van der Waals surface area contributed by atoms with Gasteiger partial charge < -0.3 is 10.5 Å². The molecular formula is C16H14FN3O2. The zero-order valence-corrected chi connectivity index (χ0v) is 12.0. The molecule has 2 N–H and O–H groups in total. The first-order chi connectivity index (χ1) is 10.6. The molecule has 0 bridgehead atoms. The van der Waals surface area contributed by atoms with Crippen LogP contribution in [0.25, 0.3) is 11.1 Å². The van der Waals surface area contributed by atoms with E-state index in [1.54, 1.807) is 25.1 Å². The summed E-state index contributed by atoms with van der Waals surface area (Å²) in [5, 5.41) is 0. The van der Waals surface area contributed by atoms with E-state index in [0.29, 0.717) is 23.2 Å². The van der Waals surface area contributed by atoms with Gasteiger partial charge in [0, 0.05) is 11.1 Å². The summed E-state index contributed by atoms with van der Waals surface area (Å²) in [4.78, 5) is 20.1. The monoisotopic (exact) mass is 299 g/mol. The second kappa shape index (κ2) is 5.55. The first-order valence-corrected chi connectivity index (χ1v) is 6.88. The van der Waals surface area contributed by atoms with E-state index in [9.17, 15) is 9.18 Å². The summed E-state index contributed by atoms with van der Waals surface area (Å²) in [6, 6.07) is 7.81. The Bertz CT molecular complexity index is 787. The van der Waals surface area contributed by atoms with Crippen LogP contribution in [0.1, 0.15) is 23.0 Å². The Morgan fingerprint density at radius 3 is 2.73 bits per heavy atom. The van der Waals surface area contributed by atoms with Gasteiger partial charge >= 0.3 is 5.97 Å². The number of anilines is 1. The van der Waals surface area contributed by atoms with Gasteiger partial charge in [-0.2, -0.15) is 0 Å². The molecule has 0 unspecified atom stereocenters. The van der Waals surface area contributed by atoms with E-state index in [-0.39, 0.29) is 18.1 Å². The molecule has 22 heavy (non-hydrogen) atoms. The van der Waals surface area contributed by atoms with Gasteiger partial charge in [0.15, 0.2) is 5.69 Å². The number of pyridine rings is 1. The Morgan fingerprint density at radius 1 is 1.36 bits per heavy atom. The Labute approximate surface area is 126 Å². The van der Waals surface area contributed by atoms with Crippen LogP contribution >= 0.6 is 0 Å². The van der Waals surface area contributed by atoms with Crippen molar-refractivity contribution in [3.05, 3.63) is 47.4 Å². The predicted molar refractivity (Wildman–Crippen MR) is 81.4 cm³/mol. The normalized spacial score (nSPS) is 12.7. The quantitative estimate of drug-likeness (QED) is 0.880. The minimum Gasteiger partial charge on any atom is -0.461 e. The van der Waals surface area contributed by atoms with Crippen LogP contribution in [0.5, 0.6) is 0 Å². The molecule has 0 atom stereocenters. The number of nitrogens with zero attached hydrogens (tertiary/aromatic N) is 2. The standard InChI is InChI=1S/C16H14FN3O2/c1-2-22-16(21)12-7-10(9-5-3-4-6-11(9)17)14(13-8-19-13)15(18)20-12/h3-7H,2,8H2,1H3,(H2,18,20). The molecule has 2 heterocycles. The van der Waals surface area contributed by atoms with Crippen molar-refractivity contribution < 1.29 is 13.9 Å². The zero-order chi connectivity index (χ0) is 15.7. The van der Waals surface area contributed by atoms with Crippen LogP contribution in [0.15, 0.2) is 35.3 Å². The number of benzene rings is 1. The summed E-state index contributed by atoms with van der Waals surface area (Å²) in [6.07, 6.45) is 0. The molecule has 2 aromatic rings. The summed E-state index contributed by atoms with van der Waals surface area (Å²) in [6.45, 7) is 2.47. The van der Waals surface area contributed by atoms with Crippen LogP contribution in [0, 0.1) is 5.82 Å². The Balaban J connectivity index is 2.19. The van der Waals surface area contributed by atoms with Crippen LogP contribution in [-0.2, 0) is 4.74 Å². The molecule has 0 spiro atoms. The maximum Gasteiger partial charge on any atom is 0.357 e. The fraction of sp³-hybridized carbons (Fsp3) is 0.188. The van der Waals surface area contributed by atoms with Crippen molar-refractivity contribution in [3.8, 4) is 11.1 Å². The molecule has 1 aromatic carbocycles. The Hall–Kier alpha value is -2.76. The molecule has 0 amide bonds. The Kier molecular flexibility index (Phi) is 3.58. The largest absolute Gasteiger partial charge is 0.461 e. The highest BCUT2D eigenvalue weighted by Crippen LogP contribution is 2.32. The van der Waals surface area contributed by atoms with Gasteiger partial charge in [-0.15, -0.1) is 0 Å². The van der Waals surface area contributed by atoms with Gasteiger partial charge in [0.25, 0.3) is 0 Å². The molecule has 1 aliphatic heterocycles. The lowest BCUT2D eigenvalue weighted by atomic mass is 9.97. The number of carbonyl (C=O) groups excluding carboxylic acids is 1. The average molecular weight is 299 g/mol. The summed E-state index contributed by atoms with van der Waals surface area (Å²) in [5.74, 6) is -0.832. The van der Waals surface area contributed by atoms with E-state index in [1.165, 1.54) is 12.1 Å². The molecule has 5 nitrogen and oxygen atoms in total. The van der Waals surface area contributed by atoms with Crippen molar-refractivity contribution in [1.29, 1.82) is 0 Å². The van der Waals surface area contributed by atoms with Crippen LogP contribution in [-0.4, -0.2) is 29.8 Å². The third kappa shape index (κ3) is 2.55. The topological polar surface area (TPSA) is 77.6 Å². The molecule has 0 fully saturated rings. The van der Waals surface area contributed by atoms with Crippen LogP contribution in [0.3, 0.4) is 0 Å². The fourth-order valence-electron chi connectivity index (χ4n) is 2.27. The van der Waals surface area contributed by atoms with Crippen molar-refractivity contribution in [2.24, 2.45) is 4.99 Å². The first kappa shape index (κ1) is 14.2. The van der Waals surface area contributed by atoms with Gasteiger partial charge in [0.2, 0.25) is 0 Å². The lowest BCUT2D eigenvalue weighted by Crippen LogP contribution is -2.12. The highest BCUT2D eigenvalue weighted by Gasteiger charge is 2.25. The highest BCUT2D eigenvalue weighted by molar-refractivity contribution is 6.17.